The molecule has 0 fully saturated rings. The Kier molecular flexibility index (Phi) is 4.62. The van der Waals surface area contributed by atoms with Gasteiger partial charge in [-0.05, 0) is 35.9 Å². The van der Waals surface area contributed by atoms with Crippen LogP contribution in [0, 0.1) is 23.0 Å². The molecule has 0 amide bonds. The summed E-state index contributed by atoms with van der Waals surface area (Å²) in [5.41, 5.74) is 12.4. The average Bonchev–Trinajstić information content (AvgIpc) is 2.61. The van der Waals surface area contributed by atoms with E-state index in [-0.39, 0.29) is 41.2 Å². The molecule has 0 saturated heterocycles. The lowest BCUT2D eigenvalue weighted by molar-refractivity contribution is 0.290. The van der Waals surface area contributed by atoms with Crippen molar-refractivity contribution in [1.29, 1.82) is 5.26 Å². The van der Waals surface area contributed by atoms with Gasteiger partial charge in [0.25, 0.3) is 0 Å². The van der Waals surface area contributed by atoms with Crippen molar-refractivity contribution in [3.05, 3.63) is 65.2 Å². The van der Waals surface area contributed by atoms with Crippen molar-refractivity contribution in [2.75, 3.05) is 11.5 Å². The van der Waals surface area contributed by atoms with E-state index in [1.807, 2.05) is 6.07 Å². The number of aromatic nitrogens is 2. The van der Waals surface area contributed by atoms with Gasteiger partial charge in [-0.1, -0.05) is 12.1 Å². The lowest BCUT2D eigenvalue weighted by Gasteiger charge is -2.10. The number of hydrogen-bond acceptors (Lipinski definition) is 6. The van der Waals surface area contributed by atoms with Crippen molar-refractivity contribution in [3.63, 3.8) is 0 Å². The van der Waals surface area contributed by atoms with Gasteiger partial charge in [0.05, 0.1) is 5.69 Å². The third kappa shape index (κ3) is 3.52. The van der Waals surface area contributed by atoms with Crippen LogP contribution in [0.15, 0.2) is 42.5 Å². The van der Waals surface area contributed by atoms with Crippen molar-refractivity contribution < 1.29 is 13.5 Å². The van der Waals surface area contributed by atoms with E-state index in [9.17, 15) is 14.0 Å². The predicted octanol–water partition coefficient (Wildman–Crippen LogP) is 3.04. The van der Waals surface area contributed by atoms with E-state index in [0.29, 0.717) is 11.1 Å². The molecule has 0 aliphatic carbocycles. The number of hydrogen-bond donors (Lipinski definition) is 2. The SMILES string of the molecule is N#Cc1c(N)nc(N)nc1-c1ccc(OCc2ccc(F)cc2)c(F)c1. The Bertz CT molecular complexity index is 1000. The molecule has 3 rings (SSSR count). The molecule has 0 aliphatic heterocycles. The molecule has 130 valence electrons. The van der Waals surface area contributed by atoms with Crippen LogP contribution < -0.4 is 16.2 Å². The fraction of sp³-hybridized carbons (Fsp3) is 0.0556. The zero-order valence-corrected chi connectivity index (χ0v) is 13.4. The number of anilines is 2. The number of nitrogens with two attached hydrogens (primary N) is 2. The van der Waals surface area contributed by atoms with Crippen LogP contribution in [0.4, 0.5) is 20.5 Å². The van der Waals surface area contributed by atoms with E-state index >= 15 is 0 Å². The number of nitrogen functional groups attached to an aromatic ring is 2. The smallest absolute Gasteiger partial charge is 0.222 e. The molecule has 1 heterocycles. The summed E-state index contributed by atoms with van der Waals surface area (Å²) in [6.45, 7) is 0.0768. The highest BCUT2D eigenvalue weighted by molar-refractivity contribution is 5.73. The zero-order chi connectivity index (χ0) is 18.7. The Balaban J connectivity index is 1.86. The summed E-state index contributed by atoms with van der Waals surface area (Å²) in [4.78, 5) is 7.69. The van der Waals surface area contributed by atoms with E-state index in [2.05, 4.69) is 9.97 Å². The number of nitriles is 1. The van der Waals surface area contributed by atoms with Crippen LogP contribution in [-0.4, -0.2) is 9.97 Å². The van der Waals surface area contributed by atoms with Crippen molar-refractivity contribution in [2.24, 2.45) is 0 Å². The van der Waals surface area contributed by atoms with Crippen LogP contribution in [0.2, 0.25) is 0 Å². The third-order valence-electron chi connectivity index (χ3n) is 3.58. The molecule has 0 atom stereocenters. The second-order valence-electron chi connectivity index (χ2n) is 5.36. The van der Waals surface area contributed by atoms with Gasteiger partial charge in [0.1, 0.15) is 29.9 Å². The largest absolute Gasteiger partial charge is 0.486 e. The fourth-order valence-electron chi connectivity index (χ4n) is 2.32. The molecule has 0 saturated carbocycles. The summed E-state index contributed by atoms with van der Waals surface area (Å²) in [6, 6.07) is 11.7. The molecular weight excluding hydrogens is 340 g/mol. The third-order valence-corrected chi connectivity index (χ3v) is 3.58. The number of rotatable bonds is 4. The van der Waals surface area contributed by atoms with Gasteiger partial charge >= 0.3 is 0 Å². The van der Waals surface area contributed by atoms with Crippen LogP contribution in [-0.2, 0) is 6.61 Å². The molecular formula is C18H13F2N5O. The maximum Gasteiger partial charge on any atom is 0.222 e. The normalized spacial score (nSPS) is 10.3. The first-order valence-electron chi connectivity index (χ1n) is 7.48. The summed E-state index contributed by atoms with van der Waals surface area (Å²) in [6.07, 6.45) is 0. The first-order valence-corrected chi connectivity index (χ1v) is 7.48. The van der Waals surface area contributed by atoms with Crippen molar-refractivity contribution in [3.8, 4) is 23.1 Å². The zero-order valence-electron chi connectivity index (χ0n) is 13.4. The highest BCUT2D eigenvalue weighted by Crippen LogP contribution is 2.29. The lowest BCUT2D eigenvalue weighted by atomic mass is 10.1. The first-order chi connectivity index (χ1) is 12.5. The Morgan fingerprint density at radius 3 is 2.42 bits per heavy atom. The van der Waals surface area contributed by atoms with E-state index in [1.54, 1.807) is 12.1 Å². The monoisotopic (exact) mass is 353 g/mol. The Labute approximate surface area is 147 Å². The van der Waals surface area contributed by atoms with Crippen LogP contribution >= 0.6 is 0 Å². The molecule has 0 unspecified atom stereocenters. The number of nitrogens with zero attached hydrogens (tertiary/aromatic N) is 3. The molecule has 4 N–H and O–H groups in total. The average molecular weight is 353 g/mol. The standard InChI is InChI=1S/C18H13F2N5O/c19-12-4-1-10(2-5-12)9-26-15-6-3-11(7-14(15)20)16-13(8-21)17(22)25-18(23)24-16/h1-7H,9H2,(H4,22,23,24,25). The summed E-state index contributed by atoms with van der Waals surface area (Å²) in [7, 11) is 0. The summed E-state index contributed by atoms with van der Waals surface area (Å²) >= 11 is 0. The quantitative estimate of drug-likeness (QED) is 0.746. The molecule has 8 heteroatoms. The van der Waals surface area contributed by atoms with Crippen molar-refractivity contribution in [1.82, 2.24) is 9.97 Å². The fourth-order valence-corrected chi connectivity index (χ4v) is 2.32. The van der Waals surface area contributed by atoms with Gasteiger partial charge < -0.3 is 16.2 Å². The van der Waals surface area contributed by atoms with Gasteiger partial charge in [-0.15, -0.1) is 0 Å². The maximum absolute atomic E-state index is 14.4. The molecule has 0 radical (unpaired) electrons. The minimum absolute atomic E-state index is 0.00610. The Hall–Kier alpha value is -3.73. The van der Waals surface area contributed by atoms with E-state index in [1.165, 1.54) is 30.3 Å². The van der Waals surface area contributed by atoms with E-state index in [0.717, 1.165) is 0 Å². The topological polar surface area (TPSA) is 111 Å². The molecule has 26 heavy (non-hydrogen) atoms. The second kappa shape index (κ2) is 7.03. The van der Waals surface area contributed by atoms with Crippen LogP contribution in [0.1, 0.15) is 11.1 Å². The maximum atomic E-state index is 14.4. The van der Waals surface area contributed by atoms with E-state index in [4.69, 9.17) is 16.2 Å². The minimum Gasteiger partial charge on any atom is -0.486 e. The summed E-state index contributed by atoms with van der Waals surface area (Å²) in [5.74, 6) is -1.20. The van der Waals surface area contributed by atoms with Gasteiger partial charge in [0.15, 0.2) is 11.6 Å². The number of ether oxygens (including phenoxy) is 1. The first kappa shape index (κ1) is 17.1. The van der Waals surface area contributed by atoms with Crippen LogP contribution in [0.25, 0.3) is 11.3 Å². The van der Waals surface area contributed by atoms with E-state index < -0.39 is 5.82 Å². The van der Waals surface area contributed by atoms with Crippen LogP contribution in [0.5, 0.6) is 5.75 Å². The van der Waals surface area contributed by atoms with Crippen LogP contribution in [0.3, 0.4) is 0 Å². The highest BCUT2D eigenvalue weighted by Gasteiger charge is 2.15. The molecule has 2 aromatic carbocycles. The number of halogens is 2. The summed E-state index contributed by atoms with van der Waals surface area (Å²) < 4.78 is 32.7. The molecule has 0 bridgehead atoms. The molecule has 3 aromatic rings. The predicted molar refractivity (Wildman–Crippen MR) is 91.7 cm³/mol. The molecule has 1 aromatic heterocycles. The molecule has 6 nitrogen and oxygen atoms in total. The van der Waals surface area contributed by atoms with Gasteiger partial charge in [0, 0.05) is 5.56 Å². The van der Waals surface area contributed by atoms with Gasteiger partial charge in [-0.3, -0.25) is 0 Å². The van der Waals surface area contributed by atoms with Crippen molar-refractivity contribution >= 4 is 11.8 Å². The second-order valence-corrected chi connectivity index (χ2v) is 5.36. The molecule has 0 aliphatic rings. The highest BCUT2D eigenvalue weighted by atomic mass is 19.1. The summed E-state index contributed by atoms with van der Waals surface area (Å²) in [5, 5.41) is 9.21. The van der Waals surface area contributed by atoms with Gasteiger partial charge in [-0.2, -0.15) is 10.2 Å². The van der Waals surface area contributed by atoms with Gasteiger partial charge in [0.2, 0.25) is 5.95 Å². The Morgan fingerprint density at radius 2 is 1.77 bits per heavy atom. The minimum atomic E-state index is -0.649. The molecule has 0 spiro atoms. The van der Waals surface area contributed by atoms with Gasteiger partial charge in [-0.25, -0.2) is 13.8 Å². The van der Waals surface area contributed by atoms with Crippen molar-refractivity contribution in [2.45, 2.75) is 6.61 Å². The lowest BCUT2D eigenvalue weighted by Crippen LogP contribution is -2.05. The Morgan fingerprint density at radius 1 is 1.04 bits per heavy atom. The number of benzene rings is 2.